The van der Waals surface area contributed by atoms with E-state index in [9.17, 15) is 0 Å². The normalized spacial score (nSPS) is 14.2. The SMILES string of the molecule is CCCC1=C(c2ccco2)Cc2ccccc21. The largest absolute Gasteiger partial charge is 0.465 e. The Bertz CT molecular complexity index is 547. The first-order valence-corrected chi connectivity index (χ1v) is 6.24. The van der Waals surface area contributed by atoms with Gasteiger partial charge in [0.05, 0.1) is 6.26 Å². The van der Waals surface area contributed by atoms with E-state index in [1.807, 2.05) is 6.07 Å². The number of fused-ring (bicyclic) bond motifs is 1. The molecule has 1 nitrogen and oxygen atoms in total. The van der Waals surface area contributed by atoms with E-state index in [1.54, 1.807) is 6.26 Å². The number of hydrogen-bond donors (Lipinski definition) is 0. The zero-order chi connectivity index (χ0) is 11.7. The van der Waals surface area contributed by atoms with Crippen molar-refractivity contribution >= 4 is 11.1 Å². The summed E-state index contributed by atoms with van der Waals surface area (Å²) in [6.45, 7) is 2.23. The highest BCUT2D eigenvalue weighted by Crippen LogP contribution is 2.40. The summed E-state index contributed by atoms with van der Waals surface area (Å²) in [4.78, 5) is 0. The fourth-order valence-corrected chi connectivity index (χ4v) is 2.65. The van der Waals surface area contributed by atoms with Crippen LogP contribution in [0, 0.1) is 0 Å². The molecular formula is C16H16O. The van der Waals surface area contributed by atoms with Crippen molar-refractivity contribution in [2.75, 3.05) is 0 Å². The van der Waals surface area contributed by atoms with Crippen LogP contribution in [-0.4, -0.2) is 0 Å². The highest BCUT2D eigenvalue weighted by molar-refractivity contribution is 5.95. The maximum Gasteiger partial charge on any atom is 0.130 e. The molecule has 2 aromatic rings. The fourth-order valence-electron chi connectivity index (χ4n) is 2.65. The van der Waals surface area contributed by atoms with Crippen LogP contribution in [0.1, 0.15) is 36.7 Å². The van der Waals surface area contributed by atoms with E-state index in [1.165, 1.54) is 28.7 Å². The molecule has 0 spiro atoms. The van der Waals surface area contributed by atoms with Gasteiger partial charge >= 0.3 is 0 Å². The minimum atomic E-state index is 1.01. The second kappa shape index (κ2) is 4.25. The highest BCUT2D eigenvalue weighted by Gasteiger charge is 2.22. The molecule has 1 heteroatoms. The second-order valence-corrected chi connectivity index (χ2v) is 4.52. The zero-order valence-corrected chi connectivity index (χ0v) is 10.1. The Morgan fingerprint density at radius 2 is 2.00 bits per heavy atom. The molecule has 1 aromatic heterocycles. The molecule has 1 aliphatic rings. The van der Waals surface area contributed by atoms with Gasteiger partial charge in [-0.2, -0.15) is 0 Å². The molecule has 1 aliphatic carbocycles. The Kier molecular flexibility index (Phi) is 2.60. The van der Waals surface area contributed by atoms with Crippen molar-refractivity contribution < 1.29 is 4.42 Å². The van der Waals surface area contributed by atoms with E-state index in [2.05, 4.69) is 37.3 Å². The molecule has 0 bridgehead atoms. The zero-order valence-electron chi connectivity index (χ0n) is 10.1. The monoisotopic (exact) mass is 224 g/mol. The van der Waals surface area contributed by atoms with Gasteiger partial charge in [0.25, 0.3) is 0 Å². The third-order valence-electron chi connectivity index (χ3n) is 3.39. The lowest BCUT2D eigenvalue weighted by Crippen LogP contribution is -1.84. The summed E-state index contributed by atoms with van der Waals surface area (Å²) in [7, 11) is 0. The van der Waals surface area contributed by atoms with Crippen molar-refractivity contribution in [3.05, 3.63) is 59.5 Å². The minimum absolute atomic E-state index is 1.01. The minimum Gasteiger partial charge on any atom is -0.465 e. The Balaban J connectivity index is 2.11. The summed E-state index contributed by atoms with van der Waals surface area (Å²) >= 11 is 0. The van der Waals surface area contributed by atoms with Gasteiger partial charge in [-0.25, -0.2) is 0 Å². The van der Waals surface area contributed by atoms with E-state index in [0.29, 0.717) is 0 Å². The lowest BCUT2D eigenvalue weighted by Gasteiger charge is -2.05. The van der Waals surface area contributed by atoms with Crippen LogP contribution in [0.25, 0.3) is 11.1 Å². The molecule has 1 aromatic carbocycles. The van der Waals surface area contributed by atoms with Crippen LogP contribution in [0.2, 0.25) is 0 Å². The van der Waals surface area contributed by atoms with Crippen molar-refractivity contribution in [3.8, 4) is 0 Å². The summed E-state index contributed by atoms with van der Waals surface area (Å²) in [6.07, 6.45) is 5.08. The topological polar surface area (TPSA) is 13.1 Å². The van der Waals surface area contributed by atoms with Gasteiger partial charge in [-0.1, -0.05) is 37.6 Å². The van der Waals surface area contributed by atoms with E-state index in [0.717, 1.165) is 18.6 Å². The first-order chi connectivity index (χ1) is 8.40. The Morgan fingerprint density at radius 1 is 1.12 bits per heavy atom. The summed E-state index contributed by atoms with van der Waals surface area (Å²) < 4.78 is 5.57. The lowest BCUT2D eigenvalue weighted by atomic mass is 10.0. The van der Waals surface area contributed by atoms with E-state index in [4.69, 9.17) is 4.42 Å². The maximum absolute atomic E-state index is 5.57. The van der Waals surface area contributed by atoms with Crippen LogP contribution in [0.4, 0.5) is 0 Å². The average molecular weight is 224 g/mol. The van der Waals surface area contributed by atoms with E-state index < -0.39 is 0 Å². The van der Waals surface area contributed by atoms with Crippen molar-refractivity contribution in [1.29, 1.82) is 0 Å². The number of allylic oxidation sites excluding steroid dienone is 2. The molecule has 3 rings (SSSR count). The van der Waals surface area contributed by atoms with Crippen molar-refractivity contribution in [2.24, 2.45) is 0 Å². The summed E-state index contributed by atoms with van der Waals surface area (Å²) in [5.41, 5.74) is 5.69. The maximum atomic E-state index is 5.57. The van der Waals surface area contributed by atoms with Crippen molar-refractivity contribution in [3.63, 3.8) is 0 Å². The second-order valence-electron chi connectivity index (χ2n) is 4.52. The van der Waals surface area contributed by atoms with Gasteiger partial charge in [0, 0.05) is 12.0 Å². The molecule has 86 valence electrons. The first kappa shape index (κ1) is 10.4. The molecule has 0 atom stereocenters. The Labute approximate surface area is 102 Å². The number of hydrogen-bond acceptors (Lipinski definition) is 1. The van der Waals surface area contributed by atoms with Crippen LogP contribution in [0.5, 0.6) is 0 Å². The van der Waals surface area contributed by atoms with E-state index in [-0.39, 0.29) is 0 Å². The number of benzene rings is 1. The van der Waals surface area contributed by atoms with Gasteiger partial charge < -0.3 is 4.42 Å². The molecule has 0 N–H and O–H groups in total. The predicted molar refractivity (Wildman–Crippen MR) is 70.6 cm³/mol. The molecule has 0 radical (unpaired) electrons. The van der Waals surface area contributed by atoms with Crippen LogP contribution >= 0.6 is 0 Å². The van der Waals surface area contributed by atoms with Gasteiger partial charge in [0.1, 0.15) is 5.76 Å². The molecule has 0 unspecified atom stereocenters. The average Bonchev–Trinajstić information content (AvgIpc) is 2.97. The van der Waals surface area contributed by atoms with Gasteiger partial charge in [-0.05, 0) is 35.3 Å². The van der Waals surface area contributed by atoms with Gasteiger partial charge in [-0.15, -0.1) is 0 Å². The molecule has 17 heavy (non-hydrogen) atoms. The number of furan rings is 1. The van der Waals surface area contributed by atoms with Crippen LogP contribution in [-0.2, 0) is 6.42 Å². The van der Waals surface area contributed by atoms with E-state index >= 15 is 0 Å². The molecule has 0 saturated carbocycles. The third kappa shape index (κ3) is 1.72. The summed E-state index contributed by atoms with van der Waals surface area (Å²) in [5.74, 6) is 1.03. The predicted octanol–water partition coefficient (Wildman–Crippen LogP) is 4.55. The standard InChI is InChI=1S/C16H16O/c1-2-6-14-13-8-4-3-7-12(13)11-15(14)16-9-5-10-17-16/h3-5,7-10H,2,6,11H2,1H3. The summed E-state index contributed by atoms with van der Waals surface area (Å²) in [5, 5.41) is 0. The van der Waals surface area contributed by atoms with Gasteiger partial charge in [0.2, 0.25) is 0 Å². The molecule has 0 aliphatic heterocycles. The smallest absolute Gasteiger partial charge is 0.130 e. The highest BCUT2D eigenvalue weighted by atomic mass is 16.3. The van der Waals surface area contributed by atoms with Crippen LogP contribution in [0.15, 0.2) is 47.1 Å². The quantitative estimate of drug-likeness (QED) is 0.745. The molecule has 0 fully saturated rings. The first-order valence-electron chi connectivity index (χ1n) is 6.24. The van der Waals surface area contributed by atoms with Gasteiger partial charge in [0.15, 0.2) is 0 Å². The lowest BCUT2D eigenvalue weighted by molar-refractivity contribution is 0.552. The summed E-state index contributed by atoms with van der Waals surface area (Å²) in [6, 6.07) is 12.7. The van der Waals surface area contributed by atoms with Crippen LogP contribution in [0.3, 0.4) is 0 Å². The van der Waals surface area contributed by atoms with Crippen molar-refractivity contribution in [2.45, 2.75) is 26.2 Å². The fraction of sp³-hybridized carbons (Fsp3) is 0.250. The molecule has 0 saturated heterocycles. The molecular weight excluding hydrogens is 208 g/mol. The van der Waals surface area contributed by atoms with Gasteiger partial charge in [-0.3, -0.25) is 0 Å². The third-order valence-corrected chi connectivity index (χ3v) is 3.39. The Hall–Kier alpha value is -1.76. The molecule has 0 amide bonds. The molecule has 1 heterocycles. The Morgan fingerprint density at radius 3 is 2.76 bits per heavy atom. The van der Waals surface area contributed by atoms with Crippen molar-refractivity contribution in [1.82, 2.24) is 0 Å². The van der Waals surface area contributed by atoms with Crippen LogP contribution < -0.4 is 0 Å². The number of rotatable bonds is 3.